The van der Waals surface area contributed by atoms with Crippen LogP contribution in [0.1, 0.15) is 37.6 Å². The summed E-state index contributed by atoms with van der Waals surface area (Å²) in [6.07, 6.45) is 3.72. The second-order valence-electron chi connectivity index (χ2n) is 4.83. The number of hydrogen-bond acceptors (Lipinski definition) is 3. The Kier molecular flexibility index (Phi) is 4.85. The summed E-state index contributed by atoms with van der Waals surface area (Å²) >= 11 is 5.36. The molecule has 0 aliphatic carbocycles. The average molecular weight is 276 g/mol. The number of thiocarbonyl (C=S) groups is 1. The summed E-state index contributed by atoms with van der Waals surface area (Å²) in [5.41, 5.74) is 5.70. The van der Waals surface area contributed by atoms with E-state index in [9.17, 15) is 0 Å². The zero-order valence-electron chi connectivity index (χ0n) is 11.5. The Morgan fingerprint density at radius 2 is 2.05 bits per heavy atom. The zero-order valence-corrected chi connectivity index (χ0v) is 12.3. The van der Waals surface area contributed by atoms with Crippen LogP contribution in [0.15, 0.2) is 23.3 Å². The van der Waals surface area contributed by atoms with E-state index in [1.807, 2.05) is 32.0 Å². The zero-order chi connectivity index (χ0) is 13.7. The highest BCUT2D eigenvalue weighted by molar-refractivity contribution is 7.80. The number of hydrogen-bond donors (Lipinski definition) is 1. The summed E-state index contributed by atoms with van der Waals surface area (Å²) in [6, 6.07) is 5.92. The summed E-state index contributed by atoms with van der Waals surface area (Å²) in [4.78, 5) is 6.62. The van der Waals surface area contributed by atoms with Crippen molar-refractivity contribution in [3.05, 3.63) is 29.6 Å². The van der Waals surface area contributed by atoms with Gasteiger partial charge in [-0.3, -0.25) is 10.4 Å². The fourth-order valence-electron chi connectivity index (χ4n) is 2.10. The van der Waals surface area contributed by atoms with Crippen LogP contribution in [0.25, 0.3) is 0 Å². The molecule has 5 heteroatoms. The lowest BCUT2D eigenvalue weighted by Gasteiger charge is -2.28. The van der Waals surface area contributed by atoms with Crippen LogP contribution in [0, 0.1) is 6.92 Å². The number of pyridine rings is 1. The number of nitrogens with one attached hydrogen (secondary N) is 1. The monoisotopic (exact) mass is 276 g/mol. The summed E-state index contributed by atoms with van der Waals surface area (Å²) in [6.45, 7) is 5.97. The highest BCUT2D eigenvalue weighted by Gasteiger charge is 2.12. The molecule has 0 atom stereocenters. The number of nitrogens with zero attached hydrogens (tertiary/aromatic N) is 3. The maximum Gasteiger partial charge on any atom is 0.189 e. The molecule has 1 aromatic heterocycles. The first-order chi connectivity index (χ1) is 9.16. The normalized spacial score (nSPS) is 16.3. The van der Waals surface area contributed by atoms with Crippen molar-refractivity contribution >= 4 is 23.0 Å². The lowest BCUT2D eigenvalue weighted by atomic mass is 10.1. The second-order valence-corrected chi connectivity index (χ2v) is 5.21. The molecular formula is C14H20N4S. The minimum absolute atomic E-state index is 0.715. The minimum atomic E-state index is 0.715. The molecule has 0 aromatic carbocycles. The SMILES string of the molecule is C/C(=N/NC(=S)N1CCCCC1)c1cccc(C)n1. The molecule has 0 saturated carbocycles. The van der Waals surface area contributed by atoms with Crippen LogP contribution in [0.3, 0.4) is 0 Å². The van der Waals surface area contributed by atoms with E-state index in [1.165, 1.54) is 19.3 Å². The number of rotatable bonds is 2. The van der Waals surface area contributed by atoms with E-state index in [0.29, 0.717) is 5.11 Å². The molecule has 102 valence electrons. The van der Waals surface area contributed by atoms with Crippen LogP contribution in [-0.2, 0) is 0 Å². The van der Waals surface area contributed by atoms with Gasteiger partial charge >= 0.3 is 0 Å². The highest BCUT2D eigenvalue weighted by Crippen LogP contribution is 2.08. The van der Waals surface area contributed by atoms with Gasteiger partial charge in [-0.2, -0.15) is 5.10 Å². The van der Waals surface area contributed by atoms with Gasteiger partial charge in [0.1, 0.15) is 0 Å². The van der Waals surface area contributed by atoms with Crippen LogP contribution in [0.5, 0.6) is 0 Å². The number of aryl methyl sites for hydroxylation is 1. The molecule has 0 unspecified atom stereocenters. The van der Waals surface area contributed by atoms with Gasteiger partial charge in [0.05, 0.1) is 11.4 Å². The van der Waals surface area contributed by atoms with Crippen molar-refractivity contribution in [2.24, 2.45) is 5.10 Å². The van der Waals surface area contributed by atoms with E-state index < -0.39 is 0 Å². The summed E-state index contributed by atoms with van der Waals surface area (Å²) in [7, 11) is 0. The lowest BCUT2D eigenvalue weighted by molar-refractivity contribution is 0.338. The van der Waals surface area contributed by atoms with Gasteiger partial charge in [0.25, 0.3) is 0 Å². The molecule has 1 aromatic rings. The van der Waals surface area contributed by atoms with Gasteiger partial charge in [-0.25, -0.2) is 0 Å². The molecule has 0 spiro atoms. The molecule has 1 aliphatic rings. The first kappa shape index (κ1) is 13.9. The number of aromatic nitrogens is 1. The second kappa shape index (κ2) is 6.61. The third-order valence-corrected chi connectivity index (χ3v) is 3.57. The molecule has 2 heterocycles. The largest absolute Gasteiger partial charge is 0.348 e. The summed E-state index contributed by atoms with van der Waals surface area (Å²) < 4.78 is 0. The molecule has 1 aliphatic heterocycles. The predicted molar refractivity (Wildman–Crippen MR) is 82.3 cm³/mol. The van der Waals surface area contributed by atoms with E-state index in [4.69, 9.17) is 12.2 Å². The molecule has 0 amide bonds. The van der Waals surface area contributed by atoms with Gasteiger partial charge in [-0.15, -0.1) is 0 Å². The Hall–Kier alpha value is -1.49. The molecule has 1 N–H and O–H groups in total. The molecule has 1 saturated heterocycles. The minimum Gasteiger partial charge on any atom is -0.348 e. The number of piperidine rings is 1. The Morgan fingerprint density at radius 1 is 1.32 bits per heavy atom. The molecule has 4 nitrogen and oxygen atoms in total. The van der Waals surface area contributed by atoms with Gasteiger partial charge in [0.2, 0.25) is 0 Å². The van der Waals surface area contributed by atoms with Gasteiger partial charge in [-0.1, -0.05) is 6.07 Å². The fraction of sp³-hybridized carbons (Fsp3) is 0.500. The Bertz CT molecular complexity index is 478. The van der Waals surface area contributed by atoms with E-state index in [1.54, 1.807) is 0 Å². The van der Waals surface area contributed by atoms with E-state index >= 15 is 0 Å². The molecule has 19 heavy (non-hydrogen) atoms. The van der Waals surface area contributed by atoms with Crippen molar-refractivity contribution < 1.29 is 0 Å². The van der Waals surface area contributed by atoms with Crippen molar-refractivity contribution in [1.29, 1.82) is 0 Å². The lowest BCUT2D eigenvalue weighted by Crippen LogP contribution is -2.41. The van der Waals surface area contributed by atoms with Crippen molar-refractivity contribution in [2.45, 2.75) is 33.1 Å². The van der Waals surface area contributed by atoms with Crippen LogP contribution >= 0.6 is 12.2 Å². The summed E-state index contributed by atoms with van der Waals surface area (Å²) in [5.74, 6) is 0. The van der Waals surface area contributed by atoms with E-state index in [2.05, 4.69) is 20.4 Å². The predicted octanol–water partition coefficient (Wildman–Crippen LogP) is 2.47. The molecule has 2 rings (SSSR count). The third-order valence-electron chi connectivity index (χ3n) is 3.22. The topological polar surface area (TPSA) is 40.5 Å². The van der Waals surface area contributed by atoms with Gasteiger partial charge in [-0.05, 0) is 57.5 Å². The van der Waals surface area contributed by atoms with Gasteiger partial charge in [0.15, 0.2) is 5.11 Å². The van der Waals surface area contributed by atoms with Crippen LogP contribution < -0.4 is 5.43 Å². The molecular weight excluding hydrogens is 256 g/mol. The molecule has 0 radical (unpaired) electrons. The van der Waals surface area contributed by atoms with Crippen LogP contribution in [0.4, 0.5) is 0 Å². The average Bonchev–Trinajstić information content (AvgIpc) is 2.45. The quantitative estimate of drug-likeness (QED) is 0.512. The highest BCUT2D eigenvalue weighted by atomic mass is 32.1. The maximum atomic E-state index is 5.36. The smallest absolute Gasteiger partial charge is 0.189 e. The Balaban J connectivity index is 1.95. The fourth-order valence-corrected chi connectivity index (χ4v) is 2.33. The Morgan fingerprint density at radius 3 is 2.74 bits per heavy atom. The maximum absolute atomic E-state index is 5.36. The Labute approximate surface area is 119 Å². The van der Waals surface area contributed by atoms with E-state index in [0.717, 1.165) is 30.2 Å². The van der Waals surface area contributed by atoms with Crippen molar-refractivity contribution in [2.75, 3.05) is 13.1 Å². The van der Waals surface area contributed by atoms with E-state index in [-0.39, 0.29) is 0 Å². The first-order valence-electron chi connectivity index (χ1n) is 6.70. The van der Waals surface area contributed by atoms with Crippen molar-refractivity contribution in [3.8, 4) is 0 Å². The van der Waals surface area contributed by atoms with Crippen molar-refractivity contribution in [3.63, 3.8) is 0 Å². The van der Waals surface area contributed by atoms with Crippen LogP contribution in [0.2, 0.25) is 0 Å². The standard InChI is InChI=1S/C14H20N4S/c1-11-7-6-8-13(15-11)12(2)16-17-14(19)18-9-4-3-5-10-18/h6-8H,3-5,9-10H2,1-2H3,(H,17,19)/b16-12-. The summed E-state index contributed by atoms with van der Waals surface area (Å²) in [5, 5.41) is 5.05. The van der Waals surface area contributed by atoms with Crippen LogP contribution in [-0.4, -0.2) is 33.8 Å². The number of likely N-dealkylation sites (tertiary alicyclic amines) is 1. The molecule has 0 bridgehead atoms. The van der Waals surface area contributed by atoms with Gasteiger partial charge < -0.3 is 4.90 Å². The number of hydrazone groups is 1. The first-order valence-corrected chi connectivity index (χ1v) is 7.11. The van der Waals surface area contributed by atoms with Gasteiger partial charge in [0, 0.05) is 18.8 Å². The third kappa shape index (κ3) is 3.99. The molecule has 1 fully saturated rings. The van der Waals surface area contributed by atoms with Crippen molar-refractivity contribution in [1.82, 2.24) is 15.3 Å².